The molecule has 0 amide bonds. The summed E-state index contributed by atoms with van der Waals surface area (Å²) >= 11 is 0. The van der Waals surface area contributed by atoms with Gasteiger partial charge in [0.05, 0.1) is 18.0 Å². The zero-order valence-electron chi connectivity index (χ0n) is 17.5. The summed E-state index contributed by atoms with van der Waals surface area (Å²) in [7, 11) is 1.56. The summed E-state index contributed by atoms with van der Waals surface area (Å²) in [5, 5.41) is 16.0. The Balaban J connectivity index is 1.51. The quantitative estimate of drug-likeness (QED) is 0.455. The standard InChI is InChI=1S/C22H22N6O3/c1-4-30-21-13-12-19(23-24-21)16-8-10-17(11-9-16)31-14-18-15(2)6-5-7-20(18)28-22(29)27(3)25-26-28/h5-13H,4,14H2,1-3H3. The van der Waals surface area contributed by atoms with Gasteiger partial charge in [-0.15, -0.1) is 10.2 Å². The second kappa shape index (κ2) is 8.78. The van der Waals surface area contributed by atoms with Crippen LogP contribution in [0.2, 0.25) is 0 Å². The highest BCUT2D eigenvalue weighted by Gasteiger charge is 2.13. The average Bonchev–Trinajstić information content (AvgIpc) is 3.12. The number of benzene rings is 2. The van der Waals surface area contributed by atoms with Crippen LogP contribution in [0.1, 0.15) is 18.1 Å². The molecular weight excluding hydrogens is 396 g/mol. The van der Waals surface area contributed by atoms with E-state index in [1.54, 1.807) is 13.1 Å². The van der Waals surface area contributed by atoms with Crippen molar-refractivity contribution in [1.29, 1.82) is 0 Å². The number of aromatic nitrogens is 6. The molecule has 0 aliphatic rings. The van der Waals surface area contributed by atoms with Gasteiger partial charge in [-0.05, 0) is 66.2 Å². The van der Waals surface area contributed by atoms with Crippen molar-refractivity contribution in [2.45, 2.75) is 20.5 Å². The van der Waals surface area contributed by atoms with Gasteiger partial charge in [-0.25, -0.2) is 4.79 Å². The topological polar surface area (TPSA) is 97.0 Å². The highest BCUT2D eigenvalue weighted by Crippen LogP contribution is 2.23. The molecule has 0 saturated carbocycles. The van der Waals surface area contributed by atoms with Crippen molar-refractivity contribution >= 4 is 0 Å². The molecule has 9 nitrogen and oxygen atoms in total. The Hall–Kier alpha value is -4.01. The van der Waals surface area contributed by atoms with Crippen molar-refractivity contribution in [3.8, 4) is 28.6 Å². The summed E-state index contributed by atoms with van der Waals surface area (Å²) in [6.45, 7) is 4.71. The Morgan fingerprint density at radius 3 is 2.39 bits per heavy atom. The number of rotatable bonds is 7. The van der Waals surface area contributed by atoms with E-state index in [9.17, 15) is 4.79 Å². The zero-order chi connectivity index (χ0) is 21.8. The second-order valence-corrected chi connectivity index (χ2v) is 6.87. The lowest BCUT2D eigenvalue weighted by Crippen LogP contribution is -2.23. The van der Waals surface area contributed by atoms with Crippen LogP contribution >= 0.6 is 0 Å². The van der Waals surface area contributed by atoms with E-state index in [1.807, 2.05) is 62.4 Å². The first kappa shape index (κ1) is 20.3. The maximum Gasteiger partial charge on any atom is 0.368 e. The van der Waals surface area contributed by atoms with Crippen LogP contribution in [-0.2, 0) is 13.7 Å². The minimum absolute atomic E-state index is 0.285. The van der Waals surface area contributed by atoms with Gasteiger partial charge >= 0.3 is 5.69 Å². The summed E-state index contributed by atoms with van der Waals surface area (Å²) in [5.74, 6) is 1.20. The van der Waals surface area contributed by atoms with Gasteiger partial charge in [0.15, 0.2) is 0 Å². The number of hydrogen-bond acceptors (Lipinski definition) is 7. The molecule has 9 heteroatoms. The Morgan fingerprint density at radius 2 is 1.74 bits per heavy atom. The monoisotopic (exact) mass is 418 g/mol. The van der Waals surface area contributed by atoms with Gasteiger partial charge in [-0.2, -0.15) is 9.36 Å². The first-order chi connectivity index (χ1) is 15.1. The lowest BCUT2D eigenvalue weighted by molar-refractivity contribution is 0.305. The van der Waals surface area contributed by atoms with Crippen molar-refractivity contribution in [2.75, 3.05) is 6.61 Å². The normalized spacial score (nSPS) is 10.8. The first-order valence-electron chi connectivity index (χ1n) is 9.84. The van der Waals surface area contributed by atoms with Crippen molar-refractivity contribution < 1.29 is 9.47 Å². The SMILES string of the molecule is CCOc1ccc(-c2ccc(OCc3c(C)cccc3-n3nnn(C)c3=O)cc2)nn1. The molecule has 0 fully saturated rings. The van der Waals surface area contributed by atoms with Gasteiger partial charge in [0.25, 0.3) is 0 Å². The van der Waals surface area contributed by atoms with Crippen LogP contribution in [-0.4, -0.2) is 36.6 Å². The number of ether oxygens (including phenoxy) is 2. The molecule has 0 spiro atoms. The highest BCUT2D eigenvalue weighted by atomic mass is 16.5. The molecule has 2 aromatic heterocycles. The van der Waals surface area contributed by atoms with Crippen LogP contribution in [0.3, 0.4) is 0 Å². The van der Waals surface area contributed by atoms with Crippen LogP contribution < -0.4 is 15.2 Å². The van der Waals surface area contributed by atoms with Crippen LogP contribution in [0.15, 0.2) is 59.4 Å². The number of hydrogen-bond donors (Lipinski definition) is 0. The predicted molar refractivity (Wildman–Crippen MR) is 114 cm³/mol. The van der Waals surface area contributed by atoms with E-state index in [1.165, 1.54) is 9.36 Å². The van der Waals surface area contributed by atoms with Gasteiger partial charge in [-0.3, -0.25) is 0 Å². The van der Waals surface area contributed by atoms with E-state index in [0.717, 1.165) is 22.4 Å². The fourth-order valence-electron chi connectivity index (χ4n) is 3.11. The van der Waals surface area contributed by atoms with E-state index in [2.05, 4.69) is 20.6 Å². The molecule has 0 atom stereocenters. The van der Waals surface area contributed by atoms with Crippen LogP contribution in [0.5, 0.6) is 11.6 Å². The number of nitrogens with zero attached hydrogens (tertiary/aromatic N) is 6. The number of aryl methyl sites for hydroxylation is 2. The zero-order valence-corrected chi connectivity index (χ0v) is 17.5. The molecule has 31 heavy (non-hydrogen) atoms. The maximum atomic E-state index is 12.3. The Bertz CT molecular complexity index is 1230. The number of tetrazole rings is 1. The summed E-state index contributed by atoms with van der Waals surface area (Å²) in [6.07, 6.45) is 0. The molecule has 2 aromatic carbocycles. The third-order valence-corrected chi connectivity index (χ3v) is 4.80. The molecule has 0 aliphatic heterocycles. The average molecular weight is 418 g/mol. The van der Waals surface area contributed by atoms with Crippen molar-refractivity contribution in [1.82, 2.24) is 30.0 Å². The van der Waals surface area contributed by atoms with Crippen molar-refractivity contribution in [3.05, 3.63) is 76.2 Å². The molecule has 4 aromatic rings. The van der Waals surface area contributed by atoms with Crippen LogP contribution in [0, 0.1) is 6.92 Å². The van der Waals surface area contributed by atoms with Crippen molar-refractivity contribution in [3.63, 3.8) is 0 Å². The molecule has 0 bridgehead atoms. The van der Waals surface area contributed by atoms with Gasteiger partial charge in [0.1, 0.15) is 12.4 Å². The summed E-state index contributed by atoms with van der Waals surface area (Å²) in [5.41, 5.74) is 3.87. The molecule has 4 rings (SSSR count). The molecule has 0 radical (unpaired) electrons. The lowest BCUT2D eigenvalue weighted by Gasteiger charge is -2.13. The largest absolute Gasteiger partial charge is 0.489 e. The highest BCUT2D eigenvalue weighted by molar-refractivity contribution is 5.59. The van der Waals surface area contributed by atoms with E-state index in [4.69, 9.17) is 9.47 Å². The molecule has 0 saturated heterocycles. The van der Waals surface area contributed by atoms with E-state index in [-0.39, 0.29) is 12.3 Å². The molecule has 158 valence electrons. The molecule has 0 aliphatic carbocycles. The predicted octanol–water partition coefficient (Wildman–Crippen LogP) is 2.71. The third-order valence-electron chi connectivity index (χ3n) is 4.80. The summed E-state index contributed by atoms with van der Waals surface area (Å²) in [6, 6.07) is 16.9. The van der Waals surface area contributed by atoms with E-state index in [0.29, 0.717) is 23.9 Å². The third kappa shape index (κ3) is 4.30. The van der Waals surface area contributed by atoms with Gasteiger partial charge in [-0.1, -0.05) is 12.1 Å². The Kier molecular flexibility index (Phi) is 5.74. The smallest absolute Gasteiger partial charge is 0.368 e. The fourth-order valence-corrected chi connectivity index (χ4v) is 3.11. The fraction of sp³-hybridized carbons (Fsp3) is 0.227. The maximum absolute atomic E-state index is 12.3. The molecular formula is C22H22N6O3. The lowest BCUT2D eigenvalue weighted by atomic mass is 10.1. The summed E-state index contributed by atoms with van der Waals surface area (Å²) < 4.78 is 13.8. The first-order valence-corrected chi connectivity index (χ1v) is 9.84. The Labute approximate surface area is 178 Å². The van der Waals surface area contributed by atoms with Crippen LogP contribution in [0.25, 0.3) is 16.9 Å². The Morgan fingerprint density at radius 1 is 0.935 bits per heavy atom. The minimum Gasteiger partial charge on any atom is -0.489 e. The van der Waals surface area contributed by atoms with E-state index >= 15 is 0 Å². The van der Waals surface area contributed by atoms with E-state index < -0.39 is 0 Å². The molecule has 0 unspecified atom stereocenters. The molecule has 0 N–H and O–H groups in total. The van der Waals surface area contributed by atoms with Crippen LogP contribution in [0.4, 0.5) is 0 Å². The summed E-state index contributed by atoms with van der Waals surface area (Å²) in [4.78, 5) is 12.3. The molecule has 2 heterocycles. The van der Waals surface area contributed by atoms with Gasteiger partial charge in [0, 0.05) is 24.2 Å². The van der Waals surface area contributed by atoms with Crippen molar-refractivity contribution in [2.24, 2.45) is 7.05 Å². The van der Waals surface area contributed by atoms with Gasteiger partial charge < -0.3 is 9.47 Å². The minimum atomic E-state index is -0.312. The second-order valence-electron chi connectivity index (χ2n) is 6.87. The van der Waals surface area contributed by atoms with Gasteiger partial charge in [0.2, 0.25) is 5.88 Å².